The van der Waals surface area contributed by atoms with E-state index < -0.39 is 0 Å². The van der Waals surface area contributed by atoms with Crippen molar-refractivity contribution in [1.29, 1.82) is 0 Å². The van der Waals surface area contributed by atoms with Gasteiger partial charge in [-0.05, 0) is 26.0 Å². The first kappa shape index (κ1) is 11.9. The molecule has 0 radical (unpaired) electrons. The zero-order valence-corrected chi connectivity index (χ0v) is 11.4. The van der Waals surface area contributed by atoms with Crippen LogP contribution in [0.1, 0.15) is 11.3 Å². The molecular weight excluding hydrogens is 260 g/mol. The van der Waals surface area contributed by atoms with E-state index in [0.717, 1.165) is 5.56 Å². The van der Waals surface area contributed by atoms with Crippen molar-refractivity contribution in [1.82, 2.24) is 4.98 Å². The van der Waals surface area contributed by atoms with E-state index in [1.165, 1.54) is 11.3 Å². The van der Waals surface area contributed by atoms with Crippen LogP contribution in [-0.2, 0) is 0 Å². The molecule has 3 aromatic rings. The van der Waals surface area contributed by atoms with E-state index in [1.807, 2.05) is 25.1 Å². The van der Waals surface area contributed by atoms with E-state index in [0.29, 0.717) is 33.1 Å². The minimum Gasteiger partial charge on any atom is -0.460 e. The third kappa shape index (κ3) is 1.92. The maximum Gasteiger partial charge on any atom is 0.202 e. The summed E-state index contributed by atoms with van der Waals surface area (Å²) in [4.78, 5) is 16.7. The molecule has 19 heavy (non-hydrogen) atoms. The van der Waals surface area contributed by atoms with E-state index in [4.69, 9.17) is 10.2 Å². The summed E-state index contributed by atoms with van der Waals surface area (Å²) in [6, 6.07) is 5.57. The smallest absolute Gasteiger partial charge is 0.202 e. The van der Waals surface area contributed by atoms with Gasteiger partial charge in [-0.15, -0.1) is 11.3 Å². The molecule has 2 N–H and O–H groups in total. The van der Waals surface area contributed by atoms with Gasteiger partial charge in [-0.25, -0.2) is 4.98 Å². The van der Waals surface area contributed by atoms with Gasteiger partial charge in [-0.3, -0.25) is 4.79 Å². The lowest BCUT2D eigenvalue weighted by molar-refractivity contribution is 0.567. The minimum absolute atomic E-state index is 0.0623. The highest BCUT2D eigenvalue weighted by atomic mass is 32.1. The Morgan fingerprint density at radius 3 is 2.79 bits per heavy atom. The molecule has 0 spiro atoms. The molecule has 4 nitrogen and oxygen atoms in total. The fourth-order valence-corrected chi connectivity index (χ4v) is 2.67. The molecule has 3 rings (SSSR count). The molecule has 2 heterocycles. The van der Waals surface area contributed by atoms with E-state index in [2.05, 4.69) is 4.98 Å². The SMILES string of the molecule is Cc1ccc2oc(C)c(-c3csc(N)n3)c(=O)c2c1. The number of aryl methyl sites for hydroxylation is 2. The van der Waals surface area contributed by atoms with Gasteiger partial charge in [-0.1, -0.05) is 11.6 Å². The average molecular weight is 272 g/mol. The Balaban J connectivity index is 2.40. The molecule has 0 saturated heterocycles. The van der Waals surface area contributed by atoms with E-state index in [9.17, 15) is 4.79 Å². The Kier molecular flexibility index (Phi) is 2.64. The molecule has 0 aliphatic heterocycles. The first-order valence-corrected chi connectivity index (χ1v) is 6.69. The van der Waals surface area contributed by atoms with Gasteiger partial charge in [0, 0.05) is 5.38 Å². The Morgan fingerprint density at radius 2 is 2.11 bits per heavy atom. The largest absolute Gasteiger partial charge is 0.460 e. The summed E-state index contributed by atoms with van der Waals surface area (Å²) in [5, 5.41) is 2.79. The van der Waals surface area contributed by atoms with Crippen LogP contribution in [0.25, 0.3) is 22.2 Å². The maximum absolute atomic E-state index is 12.6. The number of fused-ring (bicyclic) bond motifs is 1. The second kappa shape index (κ2) is 4.20. The standard InChI is InChI=1S/C14H12N2O2S/c1-7-3-4-11-9(5-7)13(17)12(8(2)18-11)10-6-19-14(15)16-10/h3-6H,1-2H3,(H2,15,16). The molecule has 2 aromatic heterocycles. The van der Waals surface area contributed by atoms with Crippen LogP contribution in [0.4, 0.5) is 5.13 Å². The van der Waals surface area contributed by atoms with Gasteiger partial charge in [0.05, 0.1) is 16.6 Å². The monoisotopic (exact) mass is 272 g/mol. The summed E-state index contributed by atoms with van der Waals surface area (Å²) in [6.07, 6.45) is 0. The Bertz CT molecular complexity index is 833. The molecule has 0 unspecified atom stereocenters. The second-order valence-electron chi connectivity index (χ2n) is 4.43. The highest BCUT2D eigenvalue weighted by Crippen LogP contribution is 2.26. The molecule has 0 amide bonds. The maximum atomic E-state index is 12.6. The fraction of sp³-hybridized carbons (Fsp3) is 0.143. The number of benzene rings is 1. The summed E-state index contributed by atoms with van der Waals surface area (Å²) < 4.78 is 5.72. The number of anilines is 1. The molecule has 0 aliphatic carbocycles. The van der Waals surface area contributed by atoms with Crippen LogP contribution in [0.2, 0.25) is 0 Å². The van der Waals surface area contributed by atoms with Crippen LogP contribution in [0.15, 0.2) is 32.8 Å². The van der Waals surface area contributed by atoms with Gasteiger partial charge < -0.3 is 10.2 Å². The van der Waals surface area contributed by atoms with Crippen LogP contribution in [0, 0.1) is 13.8 Å². The minimum atomic E-state index is -0.0623. The summed E-state index contributed by atoms with van der Waals surface area (Å²) in [5.74, 6) is 0.562. The van der Waals surface area contributed by atoms with Crippen LogP contribution >= 0.6 is 11.3 Å². The molecule has 0 aliphatic rings. The van der Waals surface area contributed by atoms with E-state index >= 15 is 0 Å². The summed E-state index contributed by atoms with van der Waals surface area (Å²) in [5.41, 5.74) is 8.26. The zero-order valence-electron chi connectivity index (χ0n) is 10.6. The van der Waals surface area contributed by atoms with Crippen LogP contribution in [0.5, 0.6) is 0 Å². The molecule has 0 bridgehead atoms. The summed E-state index contributed by atoms with van der Waals surface area (Å²) in [6.45, 7) is 3.71. The van der Waals surface area contributed by atoms with Crippen molar-refractivity contribution in [2.45, 2.75) is 13.8 Å². The van der Waals surface area contributed by atoms with Crippen LogP contribution < -0.4 is 11.2 Å². The van der Waals surface area contributed by atoms with E-state index in [1.54, 1.807) is 12.3 Å². The molecule has 5 heteroatoms. The van der Waals surface area contributed by atoms with Crippen molar-refractivity contribution in [2.75, 3.05) is 5.73 Å². The van der Waals surface area contributed by atoms with Gasteiger partial charge >= 0.3 is 0 Å². The predicted octanol–water partition coefficient (Wildman–Crippen LogP) is 3.12. The summed E-state index contributed by atoms with van der Waals surface area (Å²) >= 11 is 1.31. The summed E-state index contributed by atoms with van der Waals surface area (Å²) in [7, 11) is 0. The van der Waals surface area contributed by atoms with Crippen molar-refractivity contribution in [2.24, 2.45) is 0 Å². The average Bonchev–Trinajstić information content (AvgIpc) is 2.77. The Hall–Kier alpha value is -2.14. The highest BCUT2D eigenvalue weighted by Gasteiger charge is 2.15. The predicted molar refractivity (Wildman–Crippen MR) is 77.5 cm³/mol. The molecule has 0 atom stereocenters. The molecule has 0 saturated carbocycles. The first-order chi connectivity index (χ1) is 9.06. The van der Waals surface area contributed by atoms with Gasteiger partial charge in [0.15, 0.2) is 5.13 Å². The van der Waals surface area contributed by atoms with Gasteiger partial charge in [0.1, 0.15) is 11.3 Å². The fourth-order valence-electron chi connectivity index (χ4n) is 2.12. The Morgan fingerprint density at radius 1 is 1.32 bits per heavy atom. The van der Waals surface area contributed by atoms with Gasteiger partial charge in [0.25, 0.3) is 0 Å². The van der Waals surface area contributed by atoms with Crippen LogP contribution in [-0.4, -0.2) is 4.98 Å². The lowest BCUT2D eigenvalue weighted by Crippen LogP contribution is -2.08. The van der Waals surface area contributed by atoms with Gasteiger partial charge in [0.2, 0.25) is 5.43 Å². The molecule has 96 valence electrons. The van der Waals surface area contributed by atoms with Gasteiger partial charge in [-0.2, -0.15) is 0 Å². The number of aromatic nitrogens is 1. The number of nitrogens with two attached hydrogens (primary N) is 1. The topological polar surface area (TPSA) is 69.1 Å². The second-order valence-corrected chi connectivity index (χ2v) is 5.32. The van der Waals surface area contributed by atoms with E-state index in [-0.39, 0.29) is 5.43 Å². The molecular formula is C14H12N2O2S. The van der Waals surface area contributed by atoms with Crippen molar-refractivity contribution in [3.05, 3.63) is 45.1 Å². The third-order valence-electron chi connectivity index (χ3n) is 3.00. The van der Waals surface area contributed by atoms with Crippen molar-refractivity contribution in [3.63, 3.8) is 0 Å². The van der Waals surface area contributed by atoms with Crippen molar-refractivity contribution < 1.29 is 4.42 Å². The zero-order chi connectivity index (χ0) is 13.6. The van der Waals surface area contributed by atoms with Crippen LogP contribution in [0.3, 0.4) is 0 Å². The lowest BCUT2D eigenvalue weighted by Gasteiger charge is -2.05. The van der Waals surface area contributed by atoms with Crippen molar-refractivity contribution in [3.8, 4) is 11.3 Å². The number of hydrogen-bond acceptors (Lipinski definition) is 5. The number of rotatable bonds is 1. The Labute approximate surface area is 113 Å². The third-order valence-corrected chi connectivity index (χ3v) is 3.67. The molecule has 0 fully saturated rings. The lowest BCUT2D eigenvalue weighted by atomic mass is 10.1. The van der Waals surface area contributed by atoms with Crippen molar-refractivity contribution >= 4 is 27.4 Å². The first-order valence-electron chi connectivity index (χ1n) is 5.81. The number of nitrogens with zero attached hydrogens (tertiary/aromatic N) is 1. The highest BCUT2D eigenvalue weighted by molar-refractivity contribution is 7.13. The number of thiazole rings is 1. The number of nitrogen functional groups attached to an aromatic ring is 1. The number of hydrogen-bond donors (Lipinski definition) is 1. The molecule has 1 aromatic carbocycles. The quantitative estimate of drug-likeness (QED) is 0.739. The normalized spacial score (nSPS) is 11.1.